The second-order valence-corrected chi connectivity index (χ2v) is 7.88. The zero-order valence-electron chi connectivity index (χ0n) is 13.9. The third kappa shape index (κ3) is 3.28. The molecule has 1 aliphatic rings. The van der Waals surface area contributed by atoms with Crippen molar-refractivity contribution in [3.05, 3.63) is 58.1 Å². The van der Waals surface area contributed by atoms with E-state index < -0.39 is 22.0 Å². The normalized spacial score (nSPS) is 13.3. The van der Waals surface area contributed by atoms with E-state index in [1.807, 2.05) is 0 Å². The van der Waals surface area contributed by atoms with Gasteiger partial charge in [-0.3, -0.25) is 4.72 Å². The average molecular weight is 375 g/mol. The van der Waals surface area contributed by atoms with Crippen LogP contribution in [0.5, 0.6) is 0 Å². The van der Waals surface area contributed by atoms with Gasteiger partial charge in [-0.25, -0.2) is 18.0 Å². The van der Waals surface area contributed by atoms with Crippen LogP contribution in [0.2, 0.25) is 0 Å². The number of nitrogens with one attached hydrogen (secondary N) is 1. The minimum Gasteiger partial charge on any atom is -0.478 e. The first-order valence-electron chi connectivity index (χ1n) is 7.95. The summed E-state index contributed by atoms with van der Waals surface area (Å²) in [5, 5.41) is 18.6. The van der Waals surface area contributed by atoms with Gasteiger partial charge < -0.3 is 10.2 Å². The van der Waals surface area contributed by atoms with E-state index >= 15 is 0 Å². The maximum absolute atomic E-state index is 12.9. The lowest BCUT2D eigenvalue weighted by atomic mass is 10.1. The van der Waals surface area contributed by atoms with Crippen LogP contribution in [0.4, 0.5) is 5.69 Å². The van der Waals surface area contributed by atoms with Crippen LogP contribution in [0.1, 0.15) is 43.8 Å². The molecule has 0 unspecified atom stereocenters. The maximum Gasteiger partial charge on any atom is 0.337 e. The van der Waals surface area contributed by atoms with Gasteiger partial charge in [-0.1, -0.05) is 11.6 Å². The summed E-state index contributed by atoms with van der Waals surface area (Å²) in [7, 11) is -4.14. The molecule has 1 aliphatic carbocycles. The molecule has 0 amide bonds. The highest BCUT2D eigenvalue weighted by Crippen LogP contribution is 2.32. The third-order valence-electron chi connectivity index (χ3n) is 4.36. The summed E-state index contributed by atoms with van der Waals surface area (Å²) in [5.41, 5.74) is 1.64. The van der Waals surface area contributed by atoms with Gasteiger partial charge in [-0.2, -0.15) is 0 Å². The highest BCUT2D eigenvalue weighted by molar-refractivity contribution is 7.92. The Kier molecular flexibility index (Phi) is 4.45. The van der Waals surface area contributed by atoms with Crippen LogP contribution in [-0.4, -0.2) is 30.6 Å². The van der Waals surface area contributed by atoms with Crippen molar-refractivity contribution in [3.8, 4) is 0 Å². The van der Waals surface area contributed by atoms with Crippen LogP contribution in [0.25, 0.3) is 0 Å². The van der Waals surface area contributed by atoms with Crippen molar-refractivity contribution in [1.29, 1.82) is 0 Å². The van der Waals surface area contributed by atoms with Crippen molar-refractivity contribution >= 4 is 27.6 Å². The monoisotopic (exact) mass is 375 g/mol. The first-order chi connectivity index (χ1) is 12.2. The summed E-state index contributed by atoms with van der Waals surface area (Å²) in [6.45, 7) is 1.70. The number of rotatable bonds is 5. The van der Waals surface area contributed by atoms with Crippen molar-refractivity contribution in [2.24, 2.45) is 0 Å². The third-order valence-corrected chi connectivity index (χ3v) is 5.79. The summed E-state index contributed by atoms with van der Waals surface area (Å²) < 4.78 is 28.1. The molecule has 0 spiro atoms. The lowest BCUT2D eigenvalue weighted by molar-refractivity contribution is 0.0686. The first-order valence-corrected chi connectivity index (χ1v) is 9.43. The molecule has 0 radical (unpaired) electrons. The van der Waals surface area contributed by atoms with Crippen LogP contribution < -0.4 is 4.72 Å². The van der Waals surface area contributed by atoms with Crippen molar-refractivity contribution < 1.29 is 28.2 Å². The van der Waals surface area contributed by atoms with Gasteiger partial charge in [0.05, 0.1) is 21.7 Å². The molecule has 0 atom stereocenters. The molecule has 0 bridgehead atoms. The van der Waals surface area contributed by atoms with Gasteiger partial charge in [0.15, 0.2) is 0 Å². The molecule has 3 N–H and O–H groups in total. The van der Waals surface area contributed by atoms with Crippen molar-refractivity contribution in [1.82, 2.24) is 0 Å². The predicted molar refractivity (Wildman–Crippen MR) is 94.4 cm³/mol. The highest BCUT2D eigenvalue weighted by Gasteiger charge is 2.27. The molecule has 26 heavy (non-hydrogen) atoms. The molecule has 3 rings (SSSR count). The minimum atomic E-state index is -4.14. The summed E-state index contributed by atoms with van der Waals surface area (Å²) in [5.74, 6) is -2.46. The summed E-state index contributed by atoms with van der Waals surface area (Å²) in [4.78, 5) is 22.6. The second-order valence-electron chi connectivity index (χ2n) is 6.23. The molecule has 8 heteroatoms. The number of aromatic carboxylic acids is 2. The molecule has 0 saturated heterocycles. The molecule has 2 aromatic rings. The van der Waals surface area contributed by atoms with Crippen molar-refractivity contribution in [2.75, 3.05) is 4.72 Å². The van der Waals surface area contributed by atoms with E-state index in [9.17, 15) is 28.2 Å². The highest BCUT2D eigenvalue weighted by atomic mass is 32.2. The van der Waals surface area contributed by atoms with Gasteiger partial charge in [0.25, 0.3) is 10.0 Å². The SMILES string of the molecule is Cc1ccc(NS(=O)(=O)c2cc(C(=O)O)cc3c2CCC3)c(C(=O)O)c1. The van der Waals surface area contributed by atoms with Gasteiger partial charge in [0.1, 0.15) is 0 Å². The molecule has 0 saturated carbocycles. The largest absolute Gasteiger partial charge is 0.478 e. The number of carboxylic acid groups (broad SMARTS) is 2. The zero-order valence-corrected chi connectivity index (χ0v) is 14.8. The predicted octanol–water partition coefficient (Wildman–Crippen LogP) is 2.68. The molecule has 0 aliphatic heterocycles. The van der Waals surface area contributed by atoms with E-state index in [-0.39, 0.29) is 21.7 Å². The van der Waals surface area contributed by atoms with Crippen LogP contribution >= 0.6 is 0 Å². The first kappa shape index (κ1) is 17.9. The Morgan fingerprint density at radius 3 is 2.42 bits per heavy atom. The molecule has 136 valence electrons. The summed E-state index contributed by atoms with van der Waals surface area (Å²) >= 11 is 0. The van der Waals surface area contributed by atoms with Gasteiger partial charge in [-0.15, -0.1) is 0 Å². The van der Waals surface area contributed by atoms with Crippen LogP contribution in [-0.2, 0) is 22.9 Å². The van der Waals surface area contributed by atoms with Crippen molar-refractivity contribution in [2.45, 2.75) is 31.1 Å². The number of hydrogen-bond acceptors (Lipinski definition) is 4. The Morgan fingerprint density at radius 2 is 1.77 bits per heavy atom. The smallest absolute Gasteiger partial charge is 0.337 e. The van der Waals surface area contributed by atoms with E-state index in [0.717, 1.165) is 12.5 Å². The number of carboxylic acids is 2. The molecule has 0 heterocycles. The quantitative estimate of drug-likeness (QED) is 0.739. The van der Waals surface area contributed by atoms with E-state index in [4.69, 9.17) is 0 Å². The van der Waals surface area contributed by atoms with E-state index in [1.165, 1.54) is 18.2 Å². The van der Waals surface area contributed by atoms with E-state index in [2.05, 4.69) is 4.72 Å². The number of carbonyl (C=O) groups is 2. The van der Waals surface area contributed by atoms with Gasteiger partial charge in [0, 0.05) is 0 Å². The van der Waals surface area contributed by atoms with Gasteiger partial charge >= 0.3 is 11.9 Å². The fourth-order valence-electron chi connectivity index (χ4n) is 3.15. The molecule has 7 nitrogen and oxygen atoms in total. The number of benzene rings is 2. The molecular formula is C18H17NO6S. The Labute approximate surface area is 150 Å². The molecule has 0 fully saturated rings. The van der Waals surface area contributed by atoms with E-state index in [0.29, 0.717) is 29.5 Å². The number of sulfonamides is 1. The van der Waals surface area contributed by atoms with Gasteiger partial charge in [0.2, 0.25) is 0 Å². The lowest BCUT2D eigenvalue weighted by Gasteiger charge is -2.15. The lowest BCUT2D eigenvalue weighted by Crippen LogP contribution is -2.18. The zero-order chi connectivity index (χ0) is 19.1. The van der Waals surface area contributed by atoms with Crippen molar-refractivity contribution in [3.63, 3.8) is 0 Å². The fourth-order valence-corrected chi connectivity index (χ4v) is 4.57. The Morgan fingerprint density at radius 1 is 1.04 bits per heavy atom. The number of anilines is 1. The summed E-state index contributed by atoms with van der Waals surface area (Å²) in [6.07, 6.45) is 1.89. The van der Waals surface area contributed by atoms with Crippen LogP contribution in [0.15, 0.2) is 35.2 Å². The Bertz CT molecular complexity index is 1030. The number of hydrogen-bond donors (Lipinski definition) is 3. The van der Waals surface area contributed by atoms with Crippen LogP contribution in [0.3, 0.4) is 0 Å². The van der Waals surface area contributed by atoms with Gasteiger partial charge in [-0.05, 0) is 61.6 Å². The molecule has 2 aromatic carbocycles. The topological polar surface area (TPSA) is 121 Å². The number of aryl methyl sites for hydroxylation is 2. The Balaban J connectivity index is 2.11. The fraction of sp³-hybridized carbons (Fsp3) is 0.222. The van der Waals surface area contributed by atoms with E-state index in [1.54, 1.807) is 13.0 Å². The summed E-state index contributed by atoms with van der Waals surface area (Å²) in [6, 6.07) is 6.99. The number of fused-ring (bicyclic) bond motifs is 1. The molecule has 0 aromatic heterocycles. The average Bonchev–Trinajstić information content (AvgIpc) is 3.03. The van der Waals surface area contributed by atoms with Crippen LogP contribution in [0, 0.1) is 6.92 Å². The standard InChI is InChI=1S/C18H17NO6S/c1-10-5-6-15(14(7-10)18(22)23)19-26(24,25)16-9-12(17(20)21)8-11-3-2-4-13(11)16/h5-9,19H,2-4H2,1H3,(H,20,21)(H,22,23). The molecular weight excluding hydrogens is 358 g/mol. The minimum absolute atomic E-state index is 0.0597. The maximum atomic E-state index is 12.9. The Hall–Kier alpha value is -2.87. The second kappa shape index (κ2) is 6.45.